The highest BCUT2D eigenvalue weighted by molar-refractivity contribution is 5.77. The number of carbonyl (C=O) groups excluding carboxylic acids is 1. The third-order valence-electron chi connectivity index (χ3n) is 4.66. The molecule has 0 aliphatic heterocycles. The fraction of sp³-hybridized carbons (Fsp3) is 0.435. The van der Waals surface area contributed by atoms with Crippen LogP contribution in [0.15, 0.2) is 42.5 Å². The first-order valence-corrected chi connectivity index (χ1v) is 9.70. The molecule has 0 atom stereocenters. The van der Waals surface area contributed by atoms with Gasteiger partial charge < -0.3 is 20.1 Å². The van der Waals surface area contributed by atoms with E-state index in [0.717, 1.165) is 18.7 Å². The Morgan fingerprint density at radius 1 is 1.11 bits per heavy atom. The van der Waals surface area contributed by atoms with Crippen molar-refractivity contribution < 1.29 is 14.3 Å². The normalized spacial score (nSPS) is 11.2. The van der Waals surface area contributed by atoms with Crippen molar-refractivity contribution in [3.8, 4) is 11.5 Å². The van der Waals surface area contributed by atoms with Gasteiger partial charge >= 0.3 is 0 Å². The molecule has 0 aliphatic carbocycles. The Hall–Kier alpha value is -2.53. The highest BCUT2D eigenvalue weighted by Gasteiger charge is 2.20. The van der Waals surface area contributed by atoms with Gasteiger partial charge in [-0.1, -0.05) is 49.7 Å². The zero-order valence-corrected chi connectivity index (χ0v) is 17.6. The Morgan fingerprint density at radius 3 is 2.57 bits per heavy atom. The van der Waals surface area contributed by atoms with Crippen LogP contribution in [-0.4, -0.2) is 32.7 Å². The summed E-state index contributed by atoms with van der Waals surface area (Å²) < 4.78 is 11.0. The Balaban J connectivity index is 1.94. The predicted octanol–water partition coefficient (Wildman–Crippen LogP) is 3.59. The number of benzene rings is 2. The van der Waals surface area contributed by atoms with E-state index < -0.39 is 0 Å². The van der Waals surface area contributed by atoms with Crippen molar-refractivity contribution in [1.82, 2.24) is 10.6 Å². The quantitative estimate of drug-likeness (QED) is 0.657. The molecule has 5 nitrogen and oxygen atoms in total. The molecule has 5 heteroatoms. The van der Waals surface area contributed by atoms with Crippen molar-refractivity contribution in [2.45, 2.75) is 39.7 Å². The number of rotatable bonds is 10. The summed E-state index contributed by atoms with van der Waals surface area (Å²) in [7, 11) is 1.60. The van der Waals surface area contributed by atoms with Crippen LogP contribution in [0.4, 0.5) is 0 Å². The molecule has 2 aromatic carbocycles. The van der Waals surface area contributed by atoms with Crippen LogP contribution in [0.5, 0.6) is 11.5 Å². The van der Waals surface area contributed by atoms with E-state index in [1.54, 1.807) is 7.11 Å². The summed E-state index contributed by atoms with van der Waals surface area (Å²) in [5.74, 6) is 1.05. The Labute approximate surface area is 168 Å². The Bertz CT molecular complexity index is 787. The first-order valence-electron chi connectivity index (χ1n) is 9.70. The molecule has 0 aromatic heterocycles. The third-order valence-corrected chi connectivity index (χ3v) is 4.66. The van der Waals surface area contributed by atoms with Gasteiger partial charge in [0.1, 0.15) is 0 Å². The topological polar surface area (TPSA) is 59.6 Å². The van der Waals surface area contributed by atoms with Gasteiger partial charge in [0.15, 0.2) is 18.1 Å². The van der Waals surface area contributed by atoms with Crippen LogP contribution in [0.1, 0.15) is 37.5 Å². The molecule has 0 radical (unpaired) electrons. The van der Waals surface area contributed by atoms with Crippen molar-refractivity contribution >= 4 is 5.91 Å². The van der Waals surface area contributed by atoms with Crippen LogP contribution >= 0.6 is 0 Å². The van der Waals surface area contributed by atoms with E-state index in [2.05, 4.69) is 55.7 Å². The average molecular weight is 385 g/mol. The first kappa shape index (κ1) is 21.8. The lowest BCUT2D eigenvalue weighted by molar-refractivity contribution is -0.123. The molecule has 1 amide bonds. The van der Waals surface area contributed by atoms with Crippen LogP contribution in [0.3, 0.4) is 0 Å². The molecule has 0 unspecified atom stereocenters. The molecule has 2 N–H and O–H groups in total. The van der Waals surface area contributed by atoms with Crippen LogP contribution in [-0.2, 0) is 16.8 Å². The van der Waals surface area contributed by atoms with Crippen molar-refractivity contribution in [3.05, 3.63) is 59.2 Å². The maximum atomic E-state index is 11.6. The standard InChI is InChI=1S/C23H32N2O3/c1-6-25-22(26)15-28-20-11-10-18(13-21(20)27-5)14-24-16-23(3,4)19-9-7-8-17(2)12-19/h7-13,24H,6,14-16H2,1-5H3,(H,25,26). The monoisotopic (exact) mass is 384 g/mol. The molecule has 28 heavy (non-hydrogen) atoms. The molecule has 2 aromatic rings. The van der Waals surface area contributed by atoms with Gasteiger partial charge in [-0.25, -0.2) is 0 Å². The number of amides is 1. The minimum absolute atomic E-state index is 0.0214. The van der Waals surface area contributed by atoms with Crippen molar-refractivity contribution in [1.29, 1.82) is 0 Å². The molecule has 0 fully saturated rings. The number of nitrogens with one attached hydrogen (secondary N) is 2. The van der Waals surface area contributed by atoms with E-state index in [1.165, 1.54) is 11.1 Å². The number of hydrogen-bond acceptors (Lipinski definition) is 4. The third kappa shape index (κ3) is 6.27. The molecule has 2 rings (SSSR count). The van der Waals surface area contributed by atoms with E-state index >= 15 is 0 Å². The summed E-state index contributed by atoms with van der Waals surface area (Å²) in [6.07, 6.45) is 0. The fourth-order valence-corrected chi connectivity index (χ4v) is 3.02. The second-order valence-electron chi connectivity index (χ2n) is 7.58. The van der Waals surface area contributed by atoms with Crippen LogP contribution in [0, 0.1) is 6.92 Å². The fourth-order valence-electron chi connectivity index (χ4n) is 3.02. The van der Waals surface area contributed by atoms with Crippen molar-refractivity contribution in [2.75, 3.05) is 26.8 Å². The minimum Gasteiger partial charge on any atom is -0.493 e. The van der Waals surface area contributed by atoms with Gasteiger partial charge in [-0.3, -0.25) is 4.79 Å². The highest BCUT2D eigenvalue weighted by Crippen LogP contribution is 2.28. The van der Waals surface area contributed by atoms with Gasteiger partial charge in [0.2, 0.25) is 0 Å². The summed E-state index contributed by atoms with van der Waals surface area (Å²) in [6, 6.07) is 14.4. The maximum Gasteiger partial charge on any atom is 0.257 e. The lowest BCUT2D eigenvalue weighted by Gasteiger charge is -2.26. The van der Waals surface area contributed by atoms with Crippen LogP contribution in [0.2, 0.25) is 0 Å². The minimum atomic E-state index is -0.145. The second kappa shape index (κ2) is 10.1. The maximum absolute atomic E-state index is 11.6. The van der Waals surface area contributed by atoms with E-state index in [9.17, 15) is 4.79 Å². The average Bonchev–Trinajstić information content (AvgIpc) is 2.67. The summed E-state index contributed by atoms with van der Waals surface area (Å²) >= 11 is 0. The summed E-state index contributed by atoms with van der Waals surface area (Å²) in [5.41, 5.74) is 3.73. The lowest BCUT2D eigenvalue weighted by Crippen LogP contribution is -2.32. The van der Waals surface area contributed by atoms with Gasteiger partial charge in [0, 0.05) is 25.0 Å². The van der Waals surface area contributed by atoms with Gasteiger partial charge in [0.05, 0.1) is 7.11 Å². The molecule has 152 valence electrons. The number of likely N-dealkylation sites (N-methyl/N-ethyl adjacent to an activating group) is 1. The SMILES string of the molecule is CCNC(=O)COc1ccc(CNCC(C)(C)c2cccc(C)c2)cc1OC. The highest BCUT2D eigenvalue weighted by atomic mass is 16.5. The zero-order chi connectivity index (χ0) is 20.6. The van der Waals surface area contributed by atoms with Crippen molar-refractivity contribution in [2.24, 2.45) is 0 Å². The van der Waals surface area contributed by atoms with E-state index in [-0.39, 0.29) is 17.9 Å². The molecule has 0 spiro atoms. The van der Waals surface area contributed by atoms with Gasteiger partial charge in [-0.05, 0) is 37.1 Å². The summed E-state index contributed by atoms with van der Waals surface area (Å²) in [5, 5.41) is 6.25. The number of ether oxygens (including phenoxy) is 2. The smallest absolute Gasteiger partial charge is 0.257 e. The Kier molecular flexibility index (Phi) is 7.88. The van der Waals surface area contributed by atoms with E-state index in [4.69, 9.17) is 9.47 Å². The van der Waals surface area contributed by atoms with Crippen LogP contribution < -0.4 is 20.1 Å². The molecule has 0 heterocycles. The number of methoxy groups -OCH3 is 1. The zero-order valence-electron chi connectivity index (χ0n) is 17.6. The second-order valence-corrected chi connectivity index (χ2v) is 7.58. The molecule has 0 saturated carbocycles. The number of carbonyl (C=O) groups is 1. The lowest BCUT2D eigenvalue weighted by atomic mass is 9.84. The first-order chi connectivity index (χ1) is 13.4. The summed E-state index contributed by atoms with van der Waals surface area (Å²) in [6.45, 7) is 10.6. The van der Waals surface area contributed by atoms with Crippen molar-refractivity contribution in [3.63, 3.8) is 0 Å². The molecular weight excluding hydrogens is 352 g/mol. The summed E-state index contributed by atoms with van der Waals surface area (Å²) in [4.78, 5) is 11.6. The molecular formula is C23H32N2O3. The van der Waals surface area contributed by atoms with E-state index in [1.807, 2.05) is 25.1 Å². The van der Waals surface area contributed by atoms with Gasteiger partial charge in [-0.2, -0.15) is 0 Å². The predicted molar refractivity (Wildman–Crippen MR) is 113 cm³/mol. The van der Waals surface area contributed by atoms with Gasteiger partial charge in [-0.15, -0.1) is 0 Å². The molecule has 0 aliphatic rings. The molecule has 0 bridgehead atoms. The largest absolute Gasteiger partial charge is 0.493 e. The number of aryl methyl sites for hydroxylation is 1. The molecule has 0 saturated heterocycles. The Morgan fingerprint density at radius 2 is 1.89 bits per heavy atom. The van der Waals surface area contributed by atoms with Crippen LogP contribution in [0.25, 0.3) is 0 Å². The van der Waals surface area contributed by atoms with Gasteiger partial charge in [0.25, 0.3) is 5.91 Å². The number of hydrogen-bond donors (Lipinski definition) is 2. The van der Waals surface area contributed by atoms with E-state index in [0.29, 0.717) is 18.0 Å².